The first kappa shape index (κ1) is 24.8. The van der Waals surface area contributed by atoms with Gasteiger partial charge in [-0.1, -0.05) is 52.4 Å². The lowest BCUT2D eigenvalue weighted by Crippen LogP contribution is -2.52. The van der Waals surface area contributed by atoms with Crippen molar-refractivity contribution in [3.05, 3.63) is 0 Å². The van der Waals surface area contributed by atoms with Gasteiger partial charge in [-0.15, -0.1) is 0 Å². The van der Waals surface area contributed by atoms with Gasteiger partial charge in [0.25, 0.3) is 5.97 Å². The molecule has 1 aliphatic heterocycles. The molecule has 3 atom stereocenters. The summed E-state index contributed by atoms with van der Waals surface area (Å²) in [6.45, 7) is 13.5. The summed E-state index contributed by atoms with van der Waals surface area (Å²) in [7, 11) is 0. The van der Waals surface area contributed by atoms with Crippen molar-refractivity contribution in [3.63, 3.8) is 0 Å². The lowest BCUT2D eigenvalue weighted by Gasteiger charge is -2.42. The van der Waals surface area contributed by atoms with Crippen molar-refractivity contribution >= 4 is 0 Å². The SMILES string of the molecule is CCCCCCCCC(C(CC)OCC1CO1)C(OCC)(OCC)OCC. The highest BCUT2D eigenvalue weighted by Crippen LogP contribution is 2.36. The van der Waals surface area contributed by atoms with Gasteiger partial charge in [-0.3, -0.25) is 0 Å². The van der Waals surface area contributed by atoms with E-state index in [4.69, 9.17) is 23.7 Å². The number of hydrogen-bond acceptors (Lipinski definition) is 5. The minimum atomic E-state index is -1.02. The van der Waals surface area contributed by atoms with E-state index in [0.29, 0.717) is 26.4 Å². The van der Waals surface area contributed by atoms with Crippen molar-refractivity contribution in [2.75, 3.05) is 33.0 Å². The lowest BCUT2D eigenvalue weighted by atomic mass is 9.90. The molecule has 1 saturated heterocycles. The largest absolute Gasteiger partial charge is 0.375 e. The molecule has 0 aromatic carbocycles. The molecule has 0 bridgehead atoms. The molecule has 0 radical (unpaired) electrons. The monoisotopic (exact) mass is 388 g/mol. The Labute approximate surface area is 167 Å². The smallest absolute Gasteiger partial charge is 0.288 e. The van der Waals surface area contributed by atoms with E-state index in [9.17, 15) is 0 Å². The fourth-order valence-electron chi connectivity index (χ4n) is 3.70. The molecule has 1 heterocycles. The molecule has 162 valence electrons. The fourth-order valence-corrected chi connectivity index (χ4v) is 3.70. The molecule has 0 aromatic rings. The summed E-state index contributed by atoms with van der Waals surface area (Å²) in [6.07, 6.45) is 9.77. The van der Waals surface area contributed by atoms with Crippen LogP contribution in [0, 0.1) is 5.92 Å². The highest BCUT2D eigenvalue weighted by molar-refractivity contribution is 4.81. The summed E-state index contributed by atoms with van der Waals surface area (Å²) >= 11 is 0. The quantitative estimate of drug-likeness (QED) is 0.170. The normalized spacial score (nSPS) is 19.2. The first-order valence-electron chi connectivity index (χ1n) is 11.3. The average molecular weight is 389 g/mol. The molecule has 0 amide bonds. The molecule has 1 fully saturated rings. The third-order valence-electron chi connectivity index (χ3n) is 5.11. The van der Waals surface area contributed by atoms with Gasteiger partial charge in [0.2, 0.25) is 0 Å². The molecule has 1 aliphatic rings. The topological polar surface area (TPSA) is 49.5 Å². The summed E-state index contributed by atoms with van der Waals surface area (Å²) in [6, 6.07) is 0. The molecule has 5 heteroatoms. The van der Waals surface area contributed by atoms with Gasteiger partial charge in [-0.05, 0) is 33.6 Å². The summed E-state index contributed by atoms with van der Waals surface area (Å²) in [4.78, 5) is 0. The van der Waals surface area contributed by atoms with E-state index in [1.807, 2.05) is 20.8 Å². The molecule has 0 spiro atoms. The van der Waals surface area contributed by atoms with E-state index in [1.54, 1.807) is 0 Å². The molecular formula is C22H44O5. The van der Waals surface area contributed by atoms with Crippen molar-refractivity contribution in [2.24, 2.45) is 5.92 Å². The van der Waals surface area contributed by atoms with Crippen LogP contribution in [0.1, 0.15) is 86.0 Å². The fraction of sp³-hybridized carbons (Fsp3) is 1.00. The van der Waals surface area contributed by atoms with Gasteiger partial charge in [0.1, 0.15) is 6.10 Å². The highest BCUT2D eigenvalue weighted by atomic mass is 16.9. The van der Waals surface area contributed by atoms with Gasteiger partial charge in [0.05, 0.1) is 25.2 Å². The predicted octanol–water partition coefficient (Wildman–Crippen LogP) is 5.31. The van der Waals surface area contributed by atoms with Crippen LogP contribution in [0.15, 0.2) is 0 Å². The Morgan fingerprint density at radius 3 is 1.89 bits per heavy atom. The second-order valence-corrected chi connectivity index (χ2v) is 7.30. The van der Waals surface area contributed by atoms with Gasteiger partial charge in [-0.2, -0.15) is 0 Å². The number of hydrogen-bond donors (Lipinski definition) is 0. The minimum absolute atomic E-state index is 0.0366. The Morgan fingerprint density at radius 1 is 0.852 bits per heavy atom. The molecule has 1 rings (SSSR count). The standard InChI is InChI=1S/C22H44O5/c1-6-11-12-13-14-15-16-20(21(7-2)24-18-19-17-23-19)22(25-8-3,26-9-4)27-10-5/h19-21H,6-18H2,1-5H3. The summed E-state index contributed by atoms with van der Waals surface area (Å²) < 4.78 is 29.9. The number of ether oxygens (including phenoxy) is 5. The Hall–Kier alpha value is -0.200. The zero-order valence-electron chi connectivity index (χ0n) is 18.5. The first-order valence-corrected chi connectivity index (χ1v) is 11.3. The molecule has 0 saturated carbocycles. The van der Waals surface area contributed by atoms with Crippen LogP contribution in [-0.4, -0.2) is 51.2 Å². The van der Waals surface area contributed by atoms with Crippen molar-refractivity contribution < 1.29 is 23.7 Å². The maximum atomic E-state index is 6.25. The first-order chi connectivity index (χ1) is 13.2. The summed E-state index contributed by atoms with van der Waals surface area (Å²) in [5.41, 5.74) is 0. The molecule has 0 aromatic heterocycles. The van der Waals surface area contributed by atoms with Crippen molar-refractivity contribution in [1.82, 2.24) is 0 Å². The second-order valence-electron chi connectivity index (χ2n) is 7.30. The van der Waals surface area contributed by atoms with Gasteiger partial charge >= 0.3 is 0 Å². The van der Waals surface area contributed by atoms with E-state index < -0.39 is 5.97 Å². The molecule has 0 N–H and O–H groups in total. The minimum Gasteiger partial charge on any atom is -0.375 e. The van der Waals surface area contributed by atoms with Crippen LogP contribution in [0.2, 0.25) is 0 Å². The Morgan fingerprint density at radius 2 is 1.41 bits per heavy atom. The number of unbranched alkanes of at least 4 members (excludes halogenated alkanes) is 5. The summed E-state index contributed by atoms with van der Waals surface area (Å²) in [5.74, 6) is -0.973. The van der Waals surface area contributed by atoms with E-state index >= 15 is 0 Å². The van der Waals surface area contributed by atoms with Crippen molar-refractivity contribution in [2.45, 2.75) is 104 Å². The van der Waals surface area contributed by atoms with Crippen LogP contribution < -0.4 is 0 Å². The molecule has 27 heavy (non-hydrogen) atoms. The maximum absolute atomic E-state index is 6.25. The van der Waals surface area contributed by atoms with Gasteiger partial charge in [-0.25, -0.2) is 0 Å². The average Bonchev–Trinajstić information content (AvgIpc) is 3.48. The predicted molar refractivity (Wildman–Crippen MR) is 109 cm³/mol. The molecule has 5 nitrogen and oxygen atoms in total. The Balaban J connectivity index is 2.81. The van der Waals surface area contributed by atoms with Crippen LogP contribution in [0.3, 0.4) is 0 Å². The highest BCUT2D eigenvalue weighted by Gasteiger charge is 2.46. The molecular weight excluding hydrogens is 344 g/mol. The number of epoxide rings is 1. The van der Waals surface area contributed by atoms with Crippen LogP contribution in [0.5, 0.6) is 0 Å². The second kappa shape index (κ2) is 14.7. The third-order valence-corrected chi connectivity index (χ3v) is 5.11. The van der Waals surface area contributed by atoms with E-state index in [2.05, 4.69) is 13.8 Å². The summed E-state index contributed by atoms with van der Waals surface area (Å²) in [5, 5.41) is 0. The zero-order valence-corrected chi connectivity index (χ0v) is 18.5. The van der Waals surface area contributed by atoms with Crippen LogP contribution >= 0.6 is 0 Å². The molecule has 0 aliphatic carbocycles. The van der Waals surface area contributed by atoms with Crippen LogP contribution in [-0.2, 0) is 23.7 Å². The van der Waals surface area contributed by atoms with E-state index in [1.165, 1.54) is 32.1 Å². The lowest BCUT2D eigenvalue weighted by molar-refractivity contribution is -0.412. The number of rotatable bonds is 19. The maximum Gasteiger partial charge on any atom is 0.288 e. The van der Waals surface area contributed by atoms with Crippen molar-refractivity contribution in [3.8, 4) is 0 Å². The van der Waals surface area contributed by atoms with Crippen molar-refractivity contribution in [1.29, 1.82) is 0 Å². The zero-order chi connectivity index (χ0) is 20.0. The Kier molecular flexibility index (Phi) is 13.6. The Bertz CT molecular complexity index is 329. The molecule has 3 unspecified atom stereocenters. The van der Waals surface area contributed by atoms with Gasteiger partial charge in [0.15, 0.2) is 0 Å². The van der Waals surface area contributed by atoms with Gasteiger partial charge < -0.3 is 23.7 Å². The van der Waals surface area contributed by atoms with Crippen LogP contribution in [0.25, 0.3) is 0 Å². The van der Waals surface area contributed by atoms with Crippen LogP contribution in [0.4, 0.5) is 0 Å². The van der Waals surface area contributed by atoms with E-state index in [0.717, 1.165) is 25.9 Å². The van der Waals surface area contributed by atoms with Gasteiger partial charge in [0, 0.05) is 19.8 Å². The van der Waals surface area contributed by atoms with E-state index in [-0.39, 0.29) is 18.1 Å². The third kappa shape index (κ3) is 9.23.